The van der Waals surface area contributed by atoms with Crippen LogP contribution in [0.4, 0.5) is 5.69 Å². The number of aliphatic hydroxyl groups is 1. The van der Waals surface area contributed by atoms with Gasteiger partial charge in [0.05, 0.1) is 6.10 Å². The Kier molecular flexibility index (Phi) is 5.79. The van der Waals surface area contributed by atoms with Crippen LogP contribution in [0, 0.1) is 6.92 Å². The maximum Gasteiger partial charge on any atom is 0.221 e. The van der Waals surface area contributed by atoms with Crippen LogP contribution in [0.3, 0.4) is 0 Å². The first-order valence-corrected chi connectivity index (χ1v) is 8.23. The van der Waals surface area contributed by atoms with Gasteiger partial charge in [0.25, 0.3) is 0 Å². The van der Waals surface area contributed by atoms with Crippen molar-refractivity contribution < 1.29 is 9.90 Å². The topological polar surface area (TPSA) is 61.4 Å². The minimum atomic E-state index is -0.133. The molecule has 1 amide bonds. The van der Waals surface area contributed by atoms with Crippen LogP contribution in [-0.2, 0) is 11.3 Å². The van der Waals surface area contributed by atoms with Crippen molar-refractivity contribution >= 4 is 27.5 Å². The van der Waals surface area contributed by atoms with Gasteiger partial charge in [-0.3, -0.25) is 4.79 Å². The number of nitrogens with one attached hydrogen (secondary N) is 2. The van der Waals surface area contributed by atoms with Crippen molar-refractivity contribution in [2.75, 3.05) is 5.32 Å². The van der Waals surface area contributed by atoms with Crippen LogP contribution in [0.25, 0.3) is 0 Å². The fraction of sp³-hybridized carbons (Fsp3) is 0.562. The second-order valence-electron chi connectivity index (χ2n) is 5.82. The van der Waals surface area contributed by atoms with Gasteiger partial charge in [-0.25, -0.2) is 0 Å². The summed E-state index contributed by atoms with van der Waals surface area (Å²) in [5, 5.41) is 16.0. The van der Waals surface area contributed by atoms with Crippen LogP contribution in [0.15, 0.2) is 16.6 Å². The lowest BCUT2D eigenvalue weighted by molar-refractivity contribution is -0.114. The molecule has 1 fully saturated rings. The maximum absolute atomic E-state index is 11.4. The van der Waals surface area contributed by atoms with E-state index in [1.165, 1.54) is 6.92 Å². The van der Waals surface area contributed by atoms with E-state index in [0.717, 1.165) is 53.5 Å². The molecule has 0 aromatic heterocycles. The van der Waals surface area contributed by atoms with Gasteiger partial charge in [-0.05, 0) is 55.9 Å². The fourth-order valence-corrected chi connectivity index (χ4v) is 3.46. The van der Waals surface area contributed by atoms with Crippen molar-refractivity contribution in [3.8, 4) is 0 Å². The Balaban J connectivity index is 2.06. The summed E-state index contributed by atoms with van der Waals surface area (Å²) in [4.78, 5) is 11.4. The number of aliphatic hydroxyl groups excluding tert-OH is 1. The van der Waals surface area contributed by atoms with E-state index in [4.69, 9.17) is 0 Å². The first-order chi connectivity index (χ1) is 9.95. The Labute approximate surface area is 134 Å². The fourth-order valence-electron chi connectivity index (χ4n) is 2.84. The van der Waals surface area contributed by atoms with Crippen molar-refractivity contribution in [2.45, 2.75) is 58.2 Å². The molecule has 0 unspecified atom stereocenters. The van der Waals surface area contributed by atoms with Crippen LogP contribution in [0.2, 0.25) is 0 Å². The molecular formula is C16H23BrN2O2. The Hall–Kier alpha value is -0.910. The second-order valence-corrected chi connectivity index (χ2v) is 6.74. The number of carbonyl (C=O) groups excluding carboxylic acids is 1. The molecule has 0 atom stereocenters. The van der Waals surface area contributed by atoms with Crippen molar-refractivity contribution in [3.63, 3.8) is 0 Å². The summed E-state index contributed by atoms with van der Waals surface area (Å²) in [5.74, 6) is -0.0533. The zero-order chi connectivity index (χ0) is 15.4. The van der Waals surface area contributed by atoms with E-state index in [2.05, 4.69) is 26.6 Å². The Bertz CT molecular complexity index is 511. The summed E-state index contributed by atoms with van der Waals surface area (Å²) in [6.45, 7) is 4.24. The molecule has 0 bridgehead atoms. The van der Waals surface area contributed by atoms with Gasteiger partial charge in [0.15, 0.2) is 0 Å². The summed E-state index contributed by atoms with van der Waals surface area (Å²) in [5.41, 5.74) is 3.03. The molecule has 0 saturated heterocycles. The normalized spacial score (nSPS) is 22.1. The molecule has 0 heterocycles. The quantitative estimate of drug-likeness (QED) is 0.778. The molecule has 1 aliphatic carbocycles. The highest BCUT2D eigenvalue weighted by Gasteiger charge is 2.19. The number of anilines is 1. The molecule has 1 aliphatic rings. The second kappa shape index (κ2) is 7.38. The lowest BCUT2D eigenvalue weighted by atomic mass is 9.93. The van der Waals surface area contributed by atoms with E-state index in [0.29, 0.717) is 6.04 Å². The summed E-state index contributed by atoms with van der Waals surface area (Å²) in [6.07, 6.45) is 3.61. The number of hydrogen-bond donors (Lipinski definition) is 3. The third kappa shape index (κ3) is 4.80. The van der Waals surface area contributed by atoms with Crippen LogP contribution in [0.5, 0.6) is 0 Å². The van der Waals surface area contributed by atoms with Gasteiger partial charge in [0.2, 0.25) is 5.91 Å². The highest BCUT2D eigenvalue weighted by Crippen LogP contribution is 2.27. The number of amides is 1. The Morgan fingerprint density at radius 3 is 2.62 bits per heavy atom. The summed E-state index contributed by atoms with van der Waals surface area (Å²) < 4.78 is 1.02. The van der Waals surface area contributed by atoms with Crippen LogP contribution in [-0.4, -0.2) is 23.2 Å². The predicted molar refractivity (Wildman–Crippen MR) is 88.3 cm³/mol. The molecule has 1 aromatic carbocycles. The first-order valence-electron chi connectivity index (χ1n) is 7.43. The zero-order valence-electron chi connectivity index (χ0n) is 12.6. The number of hydrogen-bond acceptors (Lipinski definition) is 3. The van der Waals surface area contributed by atoms with Gasteiger partial charge in [0, 0.05) is 29.7 Å². The molecule has 4 nitrogen and oxygen atoms in total. The van der Waals surface area contributed by atoms with Crippen LogP contribution < -0.4 is 10.6 Å². The Morgan fingerprint density at radius 2 is 2.00 bits per heavy atom. The lowest BCUT2D eigenvalue weighted by Crippen LogP contribution is -2.34. The van der Waals surface area contributed by atoms with Gasteiger partial charge < -0.3 is 15.7 Å². The van der Waals surface area contributed by atoms with Gasteiger partial charge in [-0.1, -0.05) is 15.9 Å². The number of rotatable bonds is 4. The smallest absolute Gasteiger partial charge is 0.221 e. The maximum atomic E-state index is 11.4. The van der Waals surface area contributed by atoms with Gasteiger partial charge >= 0.3 is 0 Å². The van der Waals surface area contributed by atoms with Crippen molar-refractivity contribution in [2.24, 2.45) is 0 Å². The molecule has 5 heteroatoms. The van der Waals surface area contributed by atoms with Crippen molar-refractivity contribution in [1.29, 1.82) is 0 Å². The SMILES string of the molecule is CC(=O)Nc1c(C)cc(Br)cc1CN[C@H]1CC[C@H](O)CC1. The van der Waals surface area contributed by atoms with Gasteiger partial charge in [-0.15, -0.1) is 0 Å². The molecule has 2 rings (SSSR count). The first kappa shape index (κ1) is 16.5. The summed E-state index contributed by atoms with van der Waals surface area (Å²) in [7, 11) is 0. The largest absolute Gasteiger partial charge is 0.393 e. The van der Waals surface area contributed by atoms with E-state index in [-0.39, 0.29) is 12.0 Å². The number of halogens is 1. The van der Waals surface area contributed by atoms with Gasteiger partial charge in [-0.2, -0.15) is 0 Å². The summed E-state index contributed by atoms with van der Waals surface area (Å²) >= 11 is 3.51. The standard InChI is InChI=1S/C16H23BrN2O2/c1-10-7-13(17)8-12(16(10)19-11(2)20)9-18-14-3-5-15(21)6-4-14/h7-8,14-15,18,21H,3-6,9H2,1-2H3,(H,19,20)/t14-,15-. The number of carbonyl (C=O) groups is 1. The molecule has 0 aliphatic heterocycles. The van der Waals surface area contributed by atoms with E-state index >= 15 is 0 Å². The average molecular weight is 355 g/mol. The van der Waals surface area contributed by atoms with E-state index in [9.17, 15) is 9.90 Å². The molecule has 21 heavy (non-hydrogen) atoms. The minimum Gasteiger partial charge on any atom is -0.393 e. The zero-order valence-corrected chi connectivity index (χ0v) is 14.2. The van der Waals surface area contributed by atoms with Gasteiger partial charge in [0.1, 0.15) is 0 Å². The molecule has 116 valence electrons. The molecule has 3 N–H and O–H groups in total. The van der Waals surface area contributed by atoms with E-state index < -0.39 is 0 Å². The third-order valence-electron chi connectivity index (χ3n) is 3.96. The predicted octanol–water partition coefficient (Wildman–Crippen LogP) is 3.11. The molecule has 1 saturated carbocycles. The number of aryl methyl sites for hydroxylation is 1. The number of benzene rings is 1. The molecule has 0 spiro atoms. The van der Waals surface area contributed by atoms with Crippen LogP contribution in [0.1, 0.15) is 43.7 Å². The highest BCUT2D eigenvalue weighted by molar-refractivity contribution is 9.10. The Morgan fingerprint density at radius 1 is 1.33 bits per heavy atom. The third-order valence-corrected chi connectivity index (χ3v) is 4.42. The lowest BCUT2D eigenvalue weighted by Gasteiger charge is -2.27. The molecular weight excluding hydrogens is 332 g/mol. The van der Waals surface area contributed by atoms with Crippen molar-refractivity contribution in [1.82, 2.24) is 5.32 Å². The van der Waals surface area contributed by atoms with E-state index in [1.807, 2.05) is 19.1 Å². The minimum absolute atomic E-state index is 0.0533. The highest BCUT2D eigenvalue weighted by atomic mass is 79.9. The monoisotopic (exact) mass is 354 g/mol. The molecule has 0 radical (unpaired) electrons. The molecule has 1 aromatic rings. The van der Waals surface area contributed by atoms with Crippen molar-refractivity contribution in [3.05, 3.63) is 27.7 Å². The summed E-state index contributed by atoms with van der Waals surface area (Å²) in [6, 6.07) is 4.49. The van der Waals surface area contributed by atoms with Crippen LogP contribution >= 0.6 is 15.9 Å². The average Bonchev–Trinajstić information content (AvgIpc) is 2.41. The van der Waals surface area contributed by atoms with E-state index in [1.54, 1.807) is 0 Å².